The lowest BCUT2D eigenvalue weighted by molar-refractivity contribution is -0.0507. The van der Waals surface area contributed by atoms with Crippen LogP contribution in [0.1, 0.15) is 22.3 Å². The van der Waals surface area contributed by atoms with E-state index in [-0.39, 0.29) is 5.75 Å². The first-order chi connectivity index (χ1) is 10.5. The molecule has 0 saturated heterocycles. The van der Waals surface area contributed by atoms with E-state index in [9.17, 15) is 8.78 Å². The molecule has 22 heavy (non-hydrogen) atoms. The van der Waals surface area contributed by atoms with Crippen LogP contribution < -0.4 is 10.1 Å². The van der Waals surface area contributed by atoms with Gasteiger partial charge in [0.2, 0.25) is 0 Å². The number of hydrogen-bond donors (Lipinski definition) is 1. The highest BCUT2D eigenvalue weighted by Crippen LogP contribution is 2.26. The van der Waals surface area contributed by atoms with Gasteiger partial charge in [0.15, 0.2) is 0 Å². The normalized spacial score (nSPS) is 11.0. The molecule has 5 heteroatoms. The fourth-order valence-electron chi connectivity index (χ4n) is 2.40. The van der Waals surface area contributed by atoms with Crippen molar-refractivity contribution in [2.75, 3.05) is 0 Å². The minimum absolute atomic E-state index is 0.254. The van der Waals surface area contributed by atoms with Gasteiger partial charge in [-0.25, -0.2) is 0 Å². The van der Waals surface area contributed by atoms with Crippen molar-refractivity contribution in [2.45, 2.75) is 33.5 Å². The Labute approximate surface area is 134 Å². The van der Waals surface area contributed by atoms with Crippen molar-refractivity contribution < 1.29 is 13.5 Å². The van der Waals surface area contributed by atoms with Gasteiger partial charge in [-0.2, -0.15) is 8.78 Å². The first-order valence-electron chi connectivity index (χ1n) is 6.96. The summed E-state index contributed by atoms with van der Waals surface area (Å²) in [5.41, 5.74) is 3.45. The van der Waals surface area contributed by atoms with Gasteiger partial charge in [-0.05, 0) is 42.2 Å². The van der Waals surface area contributed by atoms with Gasteiger partial charge in [-0.15, -0.1) is 0 Å². The summed E-state index contributed by atoms with van der Waals surface area (Å²) < 4.78 is 29.3. The van der Waals surface area contributed by atoms with Crippen LogP contribution in [0, 0.1) is 13.8 Å². The number of alkyl halides is 2. The average molecular weight is 326 g/mol. The highest BCUT2D eigenvalue weighted by Gasteiger charge is 2.11. The van der Waals surface area contributed by atoms with Gasteiger partial charge in [0.1, 0.15) is 5.75 Å². The third-order valence-corrected chi connectivity index (χ3v) is 3.70. The number of halogens is 3. The largest absolute Gasteiger partial charge is 0.434 e. The second kappa shape index (κ2) is 7.56. The molecule has 2 rings (SSSR count). The molecule has 0 amide bonds. The topological polar surface area (TPSA) is 21.3 Å². The third kappa shape index (κ3) is 4.42. The predicted octanol–water partition coefficient (Wildman–Crippen LogP) is 4.85. The number of aryl methyl sites for hydroxylation is 2. The Morgan fingerprint density at radius 1 is 1.09 bits per heavy atom. The Balaban J connectivity index is 2.00. The second-order valence-electron chi connectivity index (χ2n) is 5.13. The highest BCUT2D eigenvalue weighted by atomic mass is 35.5. The third-order valence-electron chi connectivity index (χ3n) is 3.33. The molecule has 1 N–H and O–H groups in total. The van der Waals surface area contributed by atoms with Gasteiger partial charge < -0.3 is 10.1 Å². The van der Waals surface area contributed by atoms with Crippen molar-refractivity contribution in [1.29, 1.82) is 0 Å². The molecule has 2 nitrogen and oxygen atoms in total. The van der Waals surface area contributed by atoms with Crippen molar-refractivity contribution in [1.82, 2.24) is 5.32 Å². The molecule has 0 saturated carbocycles. The lowest BCUT2D eigenvalue weighted by atomic mass is 10.1. The molecule has 0 aliphatic heterocycles. The van der Waals surface area contributed by atoms with Gasteiger partial charge in [0, 0.05) is 18.1 Å². The van der Waals surface area contributed by atoms with E-state index in [2.05, 4.69) is 10.1 Å². The molecule has 2 aromatic rings. The van der Waals surface area contributed by atoms with E-state index >= 15 is 0 Å². The maximum Gasteiger partial charge on any atom is 0.387 e. The van der Waals surface area contributed by atoms with Crippen LogP contribution in [0.3, 0.4) is 0 Å². The fourth-order valence-corrected chi connectivity index (χ4v) is 2.60. The summed E-state index contributed by atoms with van der Waals surface area (Å²) in [6.07, 6.45) is 0. The molecular weight excluding hydrogens is 308 g/mol. The number of hydrogen-bond acceptors (Lipinski definition) is 2. The predicted molar refractivity (Wildman–Crippen MR) is 84.5 cm³/mol. The Kier molecular flexibility index (Phi) is 5.75. The Bertz CT molecular complexity index is 623. The van der Waals surface area contributed by atoms with Crippen LogP contribution in [0.2, 0.25) is 5.02 Å². The van der Waals surface area contributed by atoms with Crippen LogP contribution in [-0.4, -0.2) is 6.61 Å². The average Bonchev–Trinajstić information content (AvgIpc) is 2.45. The van der Waals surface area contributed by atoms with E-state index in [4.69, 9.17) is 11.6 Å². The Morgan fingerprint density at radius 2 is 1.73 bits per heavy atom. The van der Waals surface area contributed by atoms with Gasteiger partial charge >= 0.3 is 6.61 Å². The molecule has 2 aromatic carbocycles. The van der Waals surface area contributed by atoms with Crippen LogP contribution in [0.5, 0.6) is 5.75 Å². The first-order valence-corrected chi connectivity index (χ1v) is 7.34. The Morgan fingerprint density at radius 3 is 2.32 bits per heavy atom. The van der Waals surface area contributed by atoms with Gasteiger partial charge in [-0.1, -0.05) is 41.9 Å². The number of ether oxygens (including phenoxy) is 1. The van der Waals surface area contributed by atoms with Gasteiger partial charge in [0.25, 0.3) is 0 Å². The van der Waals surface area contributed by atoms with E-state index in [1.165, 1.54) is 0 Å². The molecule has 0 heterocycles. The van der Waals surface area contributed by atoms with Crippen molar-refractivity contribution in [3.63, 3.8) is 0 Å². The number of benzene rings is 2. The molecule has 0 spiro atoms. The van der Waals surface area contributed by atoms with E-state index in [0.717, 1.165) is 16.1 Å². The summed E-state index contributed by atoms with van der Waals surface area (Å²) in [5.74, 6) is 0.254. The standard InChI is InChI=1S/C17H18ClF2NO/c1-11-7-13(8-12(2)16(11)22-17(19)20)9-21-10-14-5-3-4-6-15(14)18/h3-8,17,21H,9-10H2,1-2H3. The summed E-state index contributed by atoms with van der Waals surface area (Å²) in [7, 11) is 0. The summed E-state index contributed by atoms with van der Waals surface area (Å²) in [4.78, 5) is 0. The fraction of sp³-hybridized carbons (Fsp3) is 0.294. The zero-order valence-electron chi connectivity index (χ0n) is 12.5. The molecule has 0 fully saturated rings. The molecule has 0 aliphatic carbocycles. The summed E-state index contributed by atoms with van der Waals surface area (Å²) >= 11 is 6.10. The Hall–Kier alpha value is -1.65. The quantitative estimate of drug-likeness (QED) is 0.820. The molecule has 0 atom stereocenters. The summed E-state index contributed by atoms with van der Waals surface area (Å²) in [6, 6.07) is 11.3. The molecule has 0 bridgehead atoms. The smallest absolute Gasteiger partial charge is 0.387 e. The van der Waals surface area contributed by atoms with Crippen LogP contribution >= 0.6 is 11.6 Å². The van der Waals surface area contributed by atoms with Crippen LogP contribution in [0.25, 0.3) is 0 Å². The van der Waals surface area contributed by atoms with Crippen LogP contribution in [-0.2, 0) is 13.1 Å². The second-order valence-corrected chi connectivity index (χ2v) is 5.54. The lowest BCUT2D eigenvalue weighted by Crippen LogP contribution is -2.13. The van der Waals surface area contributed by atoms with Crippen LogP contribution in [0.15, 0.2) is 36.4 Å². The molecule has 0 radical (unpaired) electrons. The van der Waals surface area contributed by atoms with E-state index in [1.807, 2.05) is 36.4 Å². The monoisotopic (exact) mass is 325 g/mol. The highest BCUT2D eigenvalue weighted by molar-refractivity contribution is 6.31. The summed E-state index contributed by atoms with van der Waals surface area (Å²) in [6.45, 7) is 2.00. The maximum absolute atomic E-state index is 12.4. The van der Waals surface area contributed by atoms with Crippen molar-refractivity contribution in [2.24, 2.45) is 0 Å². The minimum Gasteiger partial charge on any atom is -0.434 e. The van der Waals surface area contributed by atoms with Gasteiger partial charge in [0.05, 0.1) is 0 Å². The number of nitrogens with one attached hydrogen (secondary N) is 1. The molecule has 118 valence electrons. The molecule has 0 aromatic heterocycles. The molecule has 0 aliphatic rings. The van der Waals surface area contributed by atoms with Gasteiger partial charge in [-0.3, -0.25) is 0 Å². The SMILES string of the molecule is Cc1cc(CNCc2ccccc2Cl)cc(C)c1OC(F)F. The zero-order chi connectivity index (χ0) is 16.1. The van der Waals surface area contributed by atoms with E-state index < -0.39 is 6.61 Å². The maximum atomic E-state index is 12.4. The minimum atomic E-state index is -2.80. The number of rotatable bonds is 6. The summed E-state index contributed by atoms with van der Waals surface area (Å²) in [5, 5.41) is 4.03. The molecular formula is C17H18ClF2NO. The zero-order valence-corrected chi connectivity index (χ0v) is 13.3. The van der Waals surface area contributed by atoms with Crippen molar-refractivity contribution in [3.8, 4) is 5.75 Å². The van der Waals surface area contributed by atoms with E-state index in [0.29, 0.717) is 24.2 Å². The van der Waals surface area contributed by atoms with Crippen molar-refractivity contribution >= 4 is 11.6 Å². The first kappa shape index (κ1) is 16.7. The van der Waals surface area contributed by atoms with Crippen molar-refractivity contribution in [3.05, 3.63) is 63.7 Å². The lowest BCUT2D eigenvalue weighted by Gasteiger charge is -2.14. The van der Waals surface area contributed by atoms with E-state index in [1.54, 1.807) is 13.8 Å². The van der Waals surface area contributed by atoms with Crippen LogP contribution in [0.4, 0.5) is 8.78 Å². The molecule has 0 unspecified atom stereocenters.